The van der Waals surface area contributed by atoms with Crippen LogP contribution < -0.4 is 5.32 Å². The van der Waals surface area contributed by atoms with Gasteiger partial charge in [-0.15, -0.1) is 0 Å². The lowest BCUT2D eigenvalue weighted by Crippen LogP contribution is -2.35. The highest BCUT2D eigenvalue weighted by atomic mass is 35.5. The average molecular weight is 425 g/mol. The van der Waals surface area contributed by atoms with Gasteiger partial charge in [0.2, 0.25) is 5.91 Å². The quantitative estimate of drug-likeness (QED) is 0.644. The normalized spacial score (nSPS) is 10.7. The van der Waals surface area contributed by atoms with Crippen molar-refractivity contribution in [1.82, 2.24) is 14.7 Å². The molecular formula is C23H25ClN4O2. The minimum atomic E-state index is -0.340. The SMILES string of the molecule is Cc1cccc(NC(=O)CN(C)C(=O)c2c(C)nn(Cc3ccccc3)c2Cl)c1C. The van der Waals surface area contributed by atoms with Crippen LogP contribution in [0.4, 0.5) is 5.69 Å². The molecule has 0 aliphatic carbocycles. The van der Waals surface area contributed by atoms with Crippen molar-refractivity contribution in [2.75, 3.05) is 18.9 Å². The Kier molecular flexibility index (Phi) is 6.57. The zero-order valence-corrected chi connectivity index (χ0v) is 18.3. The molecule has 0 atom stereocenters. The van der Waals surface area contributed by atoms with E-state index in [4.69, 9.17) is 11.6 Å². The third kappa shape index (κ3) is 4.71. The molecule has 0 aliphatic heterocycles. The first kappa shape index (κ1) is 21.6. The molecule has 30 heavy (non-hydrogen) atoms. The van der Waals surface area contributed by atoms with Gasteiger partial charge in [-0.1, -0.05) is 54.1 Å². The monoisotopic (exact) mass is 424 g/mol. The van der Waals surface area contributed by atoms with Crippen molar-refractivity contribution in [2.45, 2.75) is 27.3 Å². The molecule has 0 aliphatic rings. The van der Waals surface area contributed by atoms with Gasteiger partial charge in [-0.3, -0.25) is 9.59 Å². The number of aryl methyl sites for hydroxylation is 2. The summed E-state index contributed by atoms with van der Waals surface area (Å²) < 4.78 is 1.60. The van der Waals surface area contributed by atoms with Crippen molar-refractivity contribution in [1.29, 1.82) is 0 Å². The Bertz CT molecular complexity index is 1080. The van der Waals surface area contributed by atoms with Gasteiger partial charge in [-0.2, -0.15) is 5.10 Å². The number of nitrogens with zero attached hydrogens (tertiary/aromatic N) is 3. The van der Waals surface area contributed by atoms with E-state index in [1.165, 1.54) is 4.90 Å². The fourth-order valence-corrected chi connectivity index (χ4v) is 3.53. The van der Waals surface area contributed by atoms with Gasteiger partial charge in [-0.25, -0.2) is 4.68 Å². The van der Waals surface area contributed by atoms with E-state index in [0.29, 0.717) is 17.8 Å². The summed E-state index contributed by atoms with van der Waals surface area (Å²) in [7, 11) is 1.58. The maximum atomic E-state index is 13.0. The van der Waals surface area contributed by atoms with Crippen LogP contribution in [0.3, 0.4) is 0 Å². The van der Waals surface area contributed by atoms with Crippen molar-refractivity contribution >= 4 is 29.1 Å². The molecule has 6 nitrogen and oxygen atoms in total. The molecule has 1 N–H and O–H groups in total. The van der Waals surface area contributed by atoms with Gasteiger partial charge in [0.1, 0.15) is 5.15 Å². The maximum absolute atomic E-state index is 13.0. The molecule has 0 fully saturated rings. The molecular weight excluding hydrogens is 400 g/mol. The average Bonchev–Trinajstić information content (AvgIpc) is 2.98. The summed E-state index contributed by atoms with van der Waals surface area (Å²) in [5.74, 6) is -0.613. The van der Waals surface area contributed by atoms with Gasteiger partial charge < -0.3 is 10.2 Å². The van der Waals surface area contributed by atoms with Crippen LogP contribution >= 0.6 is 11.6 Å². The van der Waals surface area contributed by atoms with Crippen molar-refractivity contribution < 1.29 is 9.59 Å². The molecule has 7 heteroatoms. The van der Waals surface area contributed by atoms with Gasteiger partial charge in [-0.05, 0) is 43.5 Å². The molecule has 0 bridgehead atoms. The predicted octanol–water partition coefficient (Wildman–Crippen LogP) is 4.22. The lowest BCUT2D eigenvalue weighted by molar-refractivity contribution is -0.116. The number of amides is 2. The minimum Gasteiger partial charge on any atom is -0.332 e. The van der Waals surface area contributed by atoms with E-state index >= 15 is 0 Å². The van der Waals surface area contributed by atoms with Crippen LogP contribution in [-0.2, 0) is 11.3 Å². The van der Waals surface area contributed by atoms with E-state index in [-0.39, 0.29) is 23.5 Å². The number of hydrogen-bond donors (Lipinski definition) is 1. The Hall–Kier alpha value is -3.12. The smallest absolute Gasteiger partial charge is 0.259 e. The van der Waals surface area contributed by atoms with E-state index in [1.54, 1.807) is 18.7 Å². The lowest BCUT2D eigenvalue weighted by Gasteiger charge is -2.18. The van der Waals surface area contributed by atoms with Crippen LogP contribution in [0.25, 0.3) is 0 Å². The zero-order valence-electron chi connectivity index (χ0n) is 17.6. The summed E-state index contributed by atoms with van der Waals surface area (Å²) in [4.78, 5) is 26.8. The maximum Gasteiger partial charge on any atom is 0.259 e. The van der Waals surface area contributed by atoms with Crippen molar-refractivity contribution in [3.63, 3.8) is 0 Å². The topological polar surface area (TPSA) is 67.2 Å². The summed E-state index contributed by atoms with van der Waals surface area (Å²) in [6.07, 6.45) is 0. The van der Waals surface area contributed by atoms with Gasteiger partial charge in [0, 0.05) is 12.7 Å². The minimum absolute atomic E-state index is 0.0914. The highest BCUT2D eigenvalue weighted by Gasteiger charge is 2.24. The fraction of sp³-hybridized carbons (Fsp3) is 0.261. The summed E-state index contributed by atoms with van der Waals surface area (Å²) in [6, 6.07) is 15.5. The molecule has 0 spiro atoms. The number of hydrogen-bond acceptors (Lipinski definition) is 3. The number of carbonyl (C=O) groups excluding carboxylic acids is 2. The number of aromatic nitrogens is 2. The molecule has 2 aromatic carbocycles. The van der Waals surface area contributed by atoms with Crippen molar-refractivity contribution in [3.05, 3.63) is 81.6 Å². The number of benzene rings is 2. The number of rotatable bonds is 6. The second-order valence-electron chi connectivity index (χ2n) is 7.35. The van der Waals surface area contributed by atoms with Gasteiger partial charge in [0.05, 0.1) is 24.3 Å². The third-order valence-corrected chi connectivity index (χ3v) is 5.44. The Labute approximate surface area is 181 Å². The summed E-state index contributed by atoms with van der Waals surface area (Å²) >= 11 is 6.48. The molecule has 0 unspecified atom stereocenters. The highest BCUT2D eigenvalue weighted by molar-refractivity contribution is 6.33. The summed E-state index contributed by atoms with van der Waals surface area (Å²) in [5.41, 5.74) is 4.71. The van der Waals surface area contributed by atoms with E-state index < -0.39 is 0 Å². The molecule has 0 saturated heterocycles. The molecule has 0 radical (unpaired) electrons. The van der Waals surface area contributed by atoms with Crippen LogP contribution in [-0.4, -0.2) is 40.1 Å². The fourth-order valence-electron chi connectivity index (χ4n) is 3.21. The second-order valence-corrected chi connectivity index (χ2v) is 7.71. The van der Waals surface area contributed by atoms with Crippen molar-refractivity contribution in [2.24, 2.45) is 0 Å². The Morgan fingerprint density at radius 1 is 1.07 bits per heavy atom. The predicted molar refractivity (Wildman–Crippen MR) is 119 cm³/mol. The summed E-state index contributed by atoms with van der Waals surface area (Å²) in [6.45, 7) is 6.05. The molecule has 1 heterocycles. The number of nitrogens with one attached hydrogen (secondary N) is 1. The Morgan fingerprint density at radius 2 is 1.77 bits per heavy atom. The van der Waals surface area contributed by atoms with E-state index in [0.717, 1.165) is 22.4 Å². The van der Waals surface area contributed by atoms with E-state index in [9.17, 15) is 9.59 Å². The van der Waals surface area contributed by atoms with E-state index in [1.807, 2.05) is 62.4 Å². The van der Waals surface area contributed by atoms with Crippen LogP contribution in [0, 0.1) is 20.8 Å². The van der Waals surface area contributed by atoms with E-state index in [2.05, 4.69) is 10.4 Å². The first-order valence-electron chi connectivity index (χ1n) is 9.66. The number of likely N-dealkylation sites (N-methyl/N-ethyl adjacent to an activating group) is 1. The Morgan fingerprint density at radius 3 is 2.47 bits per heavy atom. The van der Waals surface area contributed by atoms with Crippen molar-refractivity contribution in [3.8, 4) is 0 Å². The number of anilines is 1. The molecule has 3 rings (SSSR count). The van der Waals surface area contributed by atoms with Crippen LogP contribution in [0.5, 0.6) is 0 Å². The first-order valence-corrected chi connectivity index (χ1v) is 10.0. The highest BCUT2D eigenvalue weighted by Crippen LogP contribution is 2.23. The molecule has 3 aromatic rings. The summed E-state index contributed by atoms with van der Waals surface area (Å²) in [5, 5.41) is 7.55. The molecule has 2 amide bonds. The Balaban J connectivity index is 1.71. The third-order valence-electron chi connectivity index (χ3n) is 5.06. The molecule has 1 aromatic heterocycles. The van der Waals surface area contributed by atoms with Gasteiger partial charge in [0.25, 0.3) is 5.91 Å². The number of halogens is 1. The van der Waals surface area contributed by atoms with Crippen LogP contribution in [0.15, 0.2) is 48.5 Å². The second kappa shape index (κ2) is 9.13. The molecule has 0 saturated carbocycles. The molecule has 156 valence electrons. The zero-order chi connectivity index (χ0) is 21.8. The standard InChI is InChI=1S/C23H25ClN4O2/c1-15-9-8-12-19(16(15)2)25-20(29)14-27(4)23(30)21-17(3)26-28(22(21)24)13-18-10-6-5-7-11-18/h5-12H,13-14H2,1-4H3,(H,25,29). The van der Waals surface area contributed by atoms with Crippen LogP contribution in [0.1, 0.15) is 32.7 Å². The van der Waals surface area contributed by atoms with Crippen LogP contribution in [0.2, 0.25) is 5.15 Å². The largest absolute Gasteiger partial charge is 0.332 e. The first-order chi connectivity index (χ1) is 14.3. The lowest BCUT2D eigenvalue weighted by atomic mass is 10.1. The number of carbonyl (C=O) groups is 2. The van der Waals surface area contributed by atoms with Gasteiger partial charge >= 0.3 is 0 Å². The van der Waals surface area contributed by atoms with Gasteiger partial charge in [0.15, 0.2) is 0 Å².